The average Bonchev–Trinajstić information content (AvgIpc) is 3.58. The standard InChI is InChI=1S/C26H24N2O6/c1-16(2)18-6-8-19(9-7-18)28-24(29)13-20(25(28)30)27(26(31)22-4-3-11-32-22)14-17-5-10-21-23(12-17)34-15-33-21/h3-12,16,20H,13-15H2,1-2H3. The molecule has 0 bridgehead atoms. The Hall–Kier alpha value is -4.07. The summed E-state index contributed by atoms with van der Waals surface area (Å²) in [7, 11) is 0. The SMILES string of the molecule is CC(C)c1ccc(N2C(=O)CC(N(Cc3ccc4c(c3)OCO4)C(=O)c3ccco3)C2=O)cc1. The zero-order valence-electron chi connectivity index (χ0n) is 18.9. The second-order valence-electron chi connectivity index (χ2n) is 8.63. The van der Waals surface area contributed by atoms with Crippen molar-refractivity contribution in [3.63, 3.8) is 0 Å². The van der Waals surface area contributed by atoms with Crippen molar-refractivity contribution < 1.29 is 28.3 Å². The van der Waals surface area contributed by atoms with Gasteiger partial charge in [-0.15, -0.1) is 0 Å². The number of anilines is 1. The first-order valence-electron chi connectivity index (χ1n) is 11.1. The smallest absolute Gasteiger partial charge is 0.290 e. The van der Waals surface area contributed by atoms with E-state index in [2.05, 4.69) is 13.8 Å². The third-order valence-corrected chi connectivity index (χ3v) is 6.10. The number of imide groups is 1. The molecule has 1 atom stereocenters. The lowest BCUT2D eigenvalue weighted by atomic mass is 10.0. The molecule has 5 rings (SSSR count). The van der Waals surface area contributed by atoms with Crippen LogP contribution in [0.3, 0.4) is 0 Å². The maximum Gasteiger partial charge on any atom is 0.290 e. The Morgan fingerprint density at radius 1 is 1.06 bits per heavy atom. The van der Waals surface area contributed by atoms with Gasteiger partial charge in [-0.05, 0) is 53.4 Å². The van der Waals surface area contributed by atoms with Crippen LogP contribution in [0.1, 0.15) is 47.9 Å². The first kappa shape index (κ1) is 21.8. The molecule has 1 aromatic heterocycles. The maximum atomic E-state index is 13.5. The molecule has 2 aliphatic heterocycles. The van der Waals surface area contributed by atoms with Gasteiger partial charge in [0.25, 0.3) is 11.8 Å². The van der Waals surface area contributed by atoms with E-state index in [0.29, 0.717) is 23.1 Å². The molecular formula is C26H24N2O6. The first-order chi connectivity index (χ1) is 16.4. The Morgan fingerprint density at radius 2 is 1.82 bits per heavy atom. The van der Waals surface area contributed by atoms with Crippen LogP contribution in [0.2, 0.25) is 0 Å². The molecule has 0 saturated carbocycles. The Morgan fingerprint density at radius 3 is 2.53 bits per heavy atom. The van der Waals surface area contributed by atoms with Gasteiger partial charge in [-0.3, -0.25) is 14.4 Å². The van der Waals surface area contributed by atoms with Crippen molar-refractivity contribution in [3.05, 3.63) is 77.7 Å². The van der Waals surface area contributed by atoms with Crippen LogP contribution in [0.15, 0.2) is 65.3 Å². The summed E-state index contributed by atoms with van der Waals surface area (Å²) >= 11 is 0. The molecule has 8 heteroatoms. The molecule has 3 heterocycles. The molecule has 174 valence electrons. The molecule has 8 nitrogen and oxygen atoms in total. The number of furan rings is 1. The van der Waals surface area contributed by atoms with Crippen molar-refractivity contribution in [2.24, 2.45) is 0 Å². The summed E-state index contributed by atoms with van der Waals surface area (Å²) in [6, 6.07) is 14.9. The summed E-state index contributed by atoms with van der Waals surface area (Å²) in [5, 5.41) is 0. The second kappa shape index (κ2) is 8.70. The number of carbonyl (C=O) groups excluding carboxylic acids is 3. The third kappa shape index (κ3) is 3.91. The molecule has 3 aromatic rings. The topological polar surface area (TPSA) is 89.3 Å². The summed E-state index contributed by atoms with van der Waals surface area (Å²) in [5.74, 6) is 0.360. The van der Waals surface area contributed by atoms with Gasteiger partial charge >= 0.3 is 0 Å². The number of fused-ring (bicyclic) bond motifs is 1. The van der Waals surface area contributed by atoms with Crippen LogP contribution in [-0.2, 0) is 16.1 Å². The van der Waals surface area contributed by atoms with E-state index in [1.165, 1.54) is 11.2 Å². The van der Waals surface area contributed by atoms with E-state index in [9.17, 15) is 14.4 Å². The number of nitrogens with zero attached hydrogens (tertiary/aromatic N) is 2. The van der Waals surface area contributed by atoms with Crippen LogP contribution >= 0.6 is 0 Å². The fraction of sp³-hybridized carbons (Fsp3) is 0.269. The van der Waals surface area contributed by atoms with Crippen LogP contribution < -0.4 is 14.4 Å². The monoisotopic (exact) mass is 460 g/mol. The molecule has 1 fully saturated rings. The molecule has 2 aromatic carbocycles. The van der Waals surface area contributed by atoms with Crippen LogP contribution in [0, 0.1) is 0 Å². The van der Waals surface area contributed by atoms with Crippen LogP contribution in [-0.4, -0.2) is 35.5 Å². The summed E-state index contributed by atoms with van der Waals surface area (Å²) in [6.07, 6.45) is 1.29. The predicted octanol–water partition coefficient (Wildman–Crippen LogP) is 4.11. The molecule has 0 spiro atoms. The largest absolute Gasteiger partial charge is 0.459 e. The van der Waals surface area contributed by atoms with Crippen LogP contribution in [0.25, 0.3) is 0 Å². The van der Waals surface area contributed by atoms with Gasteiger partial charge in [-0.25, -0.2) is 4.90 Å². The Labute approximate surface area is 196 Å². The molecule has 1 unspecified atom stereocenters. The van der Waals surface area contributed by atoms with E-state index in [0.717, 1.165) is 16.0 Å². The number of amides is 3. The van der Waals surface area contributed by atoms with E-state index in [4.69, 9.17) is 13.9 Å². The van der Waals surface area contributed by atoms with E-state index in [-0.39, 0.29) is 31.4 Å². The van der Waals surface area contributed by atoms with Gasteiger partial charge < -0.3 is 18.8 Å². The van der Waals surface area contributed by atoms with Gasteiger partial charge in [-0.2, -0.15) is 0 Å². The number of carbonyl (C=O) groups is 3. The number of rotatable bonds is 6. The zero-order valence-corrected chi connectivity index (χ0v) is 18.9. The maximum absolute atomic E-state index is 13.5. The molecule has 0 N–H and O–H groups in total. The van der Waals surface area contributed by atoms with Gasteiger partial charge in [0.2, 0.25) is 12.7 Å². The van der Waals surface area contributed by atoms with E-state index < -0.39 is 17.9 Å². The predicted molar refractivity (Wildman–Crippen MR) is 123 cm³/mol. The summed E-state index contributed by atoms with van der Waals surface area (Å²) < 4.78 is 16.1. The van der Waals surface area contributed by atoms with Gasteiger partial charge in [-0.1, -0.05) is 32.0 Å². The van der Waals surface area contributed by atoms with Crippen molar-refractivity contribution in [2.45, 2.75) is 38.8 Å². The Bertz CT molecular complexity index is 1230. The molecule has 34 heavy (non-hydrogen) atoms. The average molecular weight is 460 g/mol. The van der Waals surface area contributed by atoms with Gasteiger partial charge in [0.05, 0.1) is 18.4 Å². The minimum Gasteiger partial charge on any atom is -0.459 e. The number of hydrogen-bond donors (Lipinski definition) is 0. The fourth-order valence-electron chi connectivity index (χ4n) is 4.24. The second-order valence-corrected chi connectivity index (χ2v) is 8.63. The molecule has 3 amide bonds. The van der Waals surface area contributed by atoms with Gasteiger partial charge in [0.15, 0.2) is 17.3 Å². The minimum absolute atomic E-state index is 0.0972. The van der Waals surface area contributed by atoms with E-state index in [1.54, 1.807) is 42.5 Å². The van der Waals surface area contributed by atoms with E-state index >= 15 is 0 Å². The van der Waals surface area contributed by atoms with Crippen LogP contribution in [0.4, 0.5) is 5.69 Å². The summed E-state index contributed by atoms with van der Waals surface area (Å²) in [6.45, 7) is 4.38. The molecule has 0 aliphatic carbocycles. The number of benzene rings is 2. The highest BCUT2D eigenvalue weighted by molar-refractivity contribution is 6.23. The van der Waals surface area contributed by atoms with Crippen molar-refractivity contribution in [3.8, 4) is 11.5 Å². The van der Waals surface area contributed by atoms with Crippen LogP contribution in [0.5, 0.6) is 11.5 Å². The van der Waals surface area contributed by atoms with Crippen molar-refractivity contribution >= 4 is 23.4 Å². The van der Waals surface area contributed by atoms with E-state index in [1.807, 2.05) is 12.1 Å². The zero-order chi connectivity index (χ0) is 23.8. The fourth-order valence-corrected chi connectivity index (χ4v) is 4.24. The van der Waals surface area contributed by atoms with Gasteiger partial charge in [0, 0.05) is 6.54 Å². The normalized spacial score (nSPS) is 17.0. The Balaban J connectivity index is 1.45. The highest BCUT2D eigenvalue weighted by Crippen LogP contribution is 2.34. The third-order valence-electron chi connectivity index (χ3n) is 6.10. The first-order valence-corrected chi connectivity index (χ1v) is 11.1. The highest BCUT2D eigenvalue weighted by atomic mass is 16.7. The summed E-state index contributed by atoms with van der Waals surface area (Å²) in [5.41, 5.74) is 2.34. The number of hydrogen-bond acceptors (Lipinski definition) is 6. The minimum atomic E-state index is -0.958. The summed E-state index contributed by atoms with van der Waals surface area (Å²) in [4.78, 5) is 42.3. The van der Waals surface area contributed by atoms with Crippen molar-refractivity contribution in [2.75, 3.05) is 11.7 Å². The lowest BCUT2D eigenvalue weighted by Gasteiger charge is -2.27. The Kier molecular flexibility index (Phi) is 5.57. The lowest BCUT2D eigenvalue weighted by molar-refractivity contribution is -0.122. The highest BCUT2D eigenvalue weighted by Gasteiger charge is 2.45. The molecule has 2 aliphatic rings. The van der Waals surface area contributed by atoms with Crippen molar-refractivity contribution in [1.29, 1.82) is 0 Å². The molecule has 0 radical (unpaired) electrons. The molecule has 1 saturated heterocycles. The quantitative estimate of drug-likeness (QED) is 0.515. The lowest BCUT2D eigenvalue weighted by Crippen LogP contribution is -2.45. The van der Waals surface area contributed by atoms with Crippen molar-refractivity contribution in [1.82, 2.24) is 4.90 Å². The molecular weight excluding hydrogens is 436 g/mol. The number of ether oxygens (including phenoxy) is 2. The van der Waals surface area contributed by atoms with Gasteiger partial charge in [0.1, 0.15) is 6.04 Å².